The number of fused-ring (bicyclic) bond motifs is 1. The number of hydrogen-bond donors (Lipinski definition) is 1. The van der Waals surface area contributed by atoms with Crippen LogP contribution in [0.15, 0.2) is 72.8 Å². The number of rotatable bonds is 5. The van der Waals surface area contributed by atoms with Gasteiger partial charge in [-0.25, -0.2) is 5.48 Å². The van der Waals surface area contributed by atoms with Crippen LogP contribution in [0.25, 0.3) is 10.8 Å². The van der Waals surface area contributed by atoms with Crippen molar-refractivity contribution in [2.75, 3.05) is 13.1 Å². The molecule has 0 unspecified atom stereocenters. The van der Waals surface area contributed by atoms with E-state index in [1.165, 1.54) is 0 Å². The molecule has 3 aromatic carbocycles. The van der Waals surface area contributed by atoms with Gasteiger partial charge in [-0.05, 0) is 35.2 Å². The first kappa shape index (κ1) is 19.2. The molecule has 1 aliphatic rings. The average Bonchev–Trinajstić information content (AvgIpc) is 2.79. The zero-order chi connectivity index (χ0) is 20.1. The molecule has 0 bridgehead atoms. The zero-order valence-electron chi connectivity index (χ0n) is 16.2. The number of amides is 2. The first-order chi connectivity index (χ1) is 14.2. The maximum Gasteiger partial charge on any atom is 0.254 e. The quantitative estimate of drug-likeness (QED) is 0.674. The fourth-order valence-corrected chi connectivity index (χ4v) is 3.78. The minimum absolute atomic E-state index is 0.0287. The lowest BCUT2D eigenvalue weighted by molar-refractivity contribution is -0.140. The topological polar surface area (TPSA) is 58.6 Å². The van der Waals surface area contributed by atoms with Gasteiger partial charge in [0.15, 0.2) is 0 Å². The second kappa shape index (κ2) is 8.88. The van der Waals surface area contributed by atoms with E-state index in [-0.39, 0.29) is 17.7 Å². The summed E-state index contributed by atoms with van der Waals surface area (Å²) in [5.74, 6) is -0.221. The third-order valence-corrected chi connectivity index (χ3v) is 5.43. The van der Waals surface area contributed by atoms with Crippen molar-refractivity contribution in [3.05, 3.63) is 83.9 Å². The number of piperidine rings is 1. The highest BCUT2D eigenvalue weighted by Gasteiger charge is 2.28. The molecule has 4 rings (SSSR count). The molecule has 0 radical (unpaired) electrons. The predicted molar refractivity (Wildman–Crippen MR) is 112 cm³/mol. The molecular weight excluding hydrogens is 364 g/mol. The van der Waals surface area contributed by atoms with E-state index in [4.69, 9.17) is 4.84 Å². The standard InChI is InChI=1S/C24H24N2O3/c27-23(25-29-17-18-7-2-1-3-8-18)20-13-15-26(16-14-20)24(28)22-12-6-10-19-9-4-5-11-21(19)22/h1-12,20H,13-17H2,(H,25,27). The Morgan fingerprint density at radius 3 is 2.38 bits per heavy atom. The van der Waals surface area contributed by atoms with Crippen LogP contribution in [-0.4, -0.2) is 29.8 Å². The van der Waals surface area contributed by atoms with Gasteiger partial charge >= 0.3 is 0 Å². The molecule has 29 heavy (non-hydrogen) atoms. The molecule has 1 fully saturated rings. The molecule has 148 valence electrons. The van der Waals surface area contributed by atoms with Crippen molar-refractivity contribution in [1.29, 1.82) is 0 Å². The molecule has 5 nitrogen and oxygen atoms in total. The summed E-state index contributed by atoms with van der Waals surface area (Å²) in [6.07, 6.45) is 1.27. The van der Waals surface area contributed by atoms with Gasteiger partial charge in [-0.2, -0.15) is 0 Å². The normalized spacial score (nSPS) is 14.7. The SMILES string of the molecule is O=C(NOCc1ccccc1)C1CCN(C(=O)c2cccc3ccccc23)CC1. The van der Waals surface area contributed by atoms with E-state index < -0.39 is 0 Å². The molecule has 2 amide bonds. The maximum atomic E-state index is 13.0. The van der Waals surface area contributed by atoms with Crippen molar-refractivity contribution in [1.82, 2.24) is 10.4 Å². The fraction of sp³-hybridized carbons (Fsp3) is 0.250. The van der Waals surface area contributed by atoms with E-state index >= 15 is 0 Å². The van der Waals surface area contributed by atoms with Crippen LogP contribution in [0.5, 0.6) is 0 Å². The molecule has 3 aromatic rings. The van der Waals surface area contributed by atoms with Crippen LogP contribution in [-0.2, 0) is 16.2 Å². The van der Waals surface area contributed by atoms with Gasteiger partial charge in [0, 0.05) is 24.6 Å². The first-order valence-corrected chi connectivity index (χ1v) is 9.95. The Bertz CT molecular complexity index is 990. The fourth-order valence-electron chi connectivity index (χ4n) is 3.78. The van der Waals surface area contributed by atoms with E-state index in [2.05, 4.69) is 5.48 Å². The van der Waals surface area contributed by atoms with Gasteiger partial charge in [-0.15, -0.1) is 0 Å². The monoisotopic (exact) mass is 388 g/mol. The number of likely N-dealkylation sites (tertiary alicyclic amines) is 1. The summed E-state index contributed by atoms with van der Waals surface area (Å²) in [5, 5.41) is 2.03. The molecular formula is C24H24N2O3. The number of hydroxylamine groups is 1. The number of carbonyl (C=O) groups is 2. The second-order valence-electron chi connectivity index (χ2n) is 7.33. The summed E-state index contributed by atoms with van der Waals surface area (Å²) >= 11 is 0. The van der Waals surface area contributed by atoms with Crippen molar-refractivity contribution in [3.63, 3.8) is 0 Å². The Labute approximate surface area is 170 Å². The molecule has 0 saturated carbocycles. The van der Waals surface area contributed by atoms with Crippen molar-refractivity contribution in [2.45, 2.75) is 19.4 Å². The Hall–Kier alpha value is -3.18. The van der Waals surface area contributed by atoms with Crippen LogP contribution < -0.4 is 5.48 Å². The van der Waals surface area contributed by atoms with Crippen LogP contribution in [0, 0.1) is 5.92 Å². The summed E-state index contributed by atoms with van der Waals surface area (Å²) < 4.78 is 0. The minimum atomic E-state index is -0.137. The predicted octanol–water partition coefficient (Wildman–Crippen LogP) is 3.94. The lowest BCUT2D eigenvalue weighted by atomic mass is 9.95. The molecule has 1 heterocycles. The van der Waals surface area contributed by atoms with E-state index in [1.54, 1.807) is 0 Å². The summed E-state index contributed by atoms with van der Waals surface area (Å²) in [6.45, 7) is 1.47. The molecule has 0 aliphatic carbocycles. The third kappa shape index (κ3) is 4.46. The molecule has 0 spiro atoms. The third-order valence-electron chi connectivity index (χ3n) is 5.43. The van der Waals surface area contributed by atoms with Crippen molar-refractivity contribution >= 4 is 22.6 Å². The van der Waals surface area contributed by atoms with Crippen LogP contribution in [0.1, 0.15) is 28.8 Å². The Balaban J connectivity index is 1.30. The Kier molecular flexibility index (Phi) is 5.86. The lowest BCUT2D eigenvalue weighted by Gasteiger charge is -2.31. The summed E-state index contributed by atoms with van der Waals surface area (Å²) in [5.41, 5.74) is 4.28. The van der Waals surface area contributed by atoms with Crippen molar-refractivity contribution < 1.29 is 14.4 Å². The second-order valence-corrected chi connectivity index (χ2v) is 7.33. The zero-order valence-corrected chi connectivity index (χ0v) is 16.2. The van der Waals surface area contributed by atoms with Crippen LogP contribution >= 0.6 is 0 Å². The summed E-state index contributed by atoms with van der Waals surface area (Å²) in [6, 6.07) is 23.4. The van der Waals surface area contributed by atoms with E-state index in [0.29, 0.717) is 32.5 Å². The highest BCUT2D eigenvalue weighted by atomic mass is 16.6. The van der Waals surface area contributed by atoms with Gasteiger partial charge in [0.05, 0.1) is 6.61 Å². The lowest BCUT2D eigenvalue weighted by Crippen LogP contribution is -2.43. The van der Waals surface area contributed by atoms with Gasteiger partial charge in [-0.3, -0.25) is 14.4 Å². The number of benzene rings is 3. The van der Waals surface area contributed by atoms with E-state index in [9.17, 15) is 9.59 Å². The molecule has 5 heteroatoms. The van der Waals surface area contributed by atoms with Crippen LogP contribution in [0.4, 0.5) is 0 Å². The largest absolute Gasteiger partial charge is 0.339 e. The average molecular weight is 388 g/mol. The number of nitrogens with one attached hydrogen (secondary N) is 1. The number of carbonyl (C=O) groups excluding carboxylic acids is 2. The molecule has 1 N–H and O–H groups in total. The van der Waals surface area contributed by atoms with Crippen molar-refractivity contribution in [3.8, 4) is 0 Å². The highest BCUT2D eigenvalue weighted by Crippen LogP contribution is 2.23. The Morgan fingerprint density at radius 1 is 0.897 bits per heavy atom. The van der Waals surface area contributed by atoms with Gasteiger partial charge in [0.25, 0.3) is 5.91 Å². The minimum Gasteiger partial charge on any atom is -0.339 e. The van der Waals surface area contributed by atoms with E-state index in [1.807, 2.05) is 77.7 Å². The number of hydrogen-bond acceptors (Lipinski definition) is 3. The van der Waals surface area contributed by atoms with Gasteiger partial charge in [-0.1, -0.05) is 66.7 Å². The smallest absolute Gasteiger partial charge is 0.254 e. The van der Waals surface area contributed by atoms with Crippen molar-refractivity contribution in [2.24, 2.45) is 5.92 Å². The summed E-state index contributed by atoms with van der Waals surface area (Å²) in [7, 11) is 0. The maximum absolute atomic E-state index is 13.0. The molecule has 0 atom stereocenters. The molecule has 0 aromatic heterocycles. The van der Waals surface area contributed by atoms with Crippen LogP contribution in [0.3, 0.4) is 0 Å². The molecule has 1 saturated heterocycles. The first-order valence-electron chi connectivity index (χ1n) is 9.95. The number of nitrogens with zero attached hydrogens (tertiary/aromatic N) is 1. The van der Waals surface area contributed by atoms with Crippen LogP contribution in [0.2, 0.25) is 0 Å². The molecule has 1 aliphatic heterocycles. The Morgan fingerprint density at radius 2 is 1.59 bits per heavy atom. The van der Waals surface area contributed by atoms with Gasteiger partial charge in [0.2, 0.25) is 5.91 Å². The highest BCUT2D eigenvalue weighted by molar-refractivity contribution is 6.07. The van der Waals surface area contributed by atoms with Gasteiger partial charge in [0.1, 0.15) is 0 Å². The van der Waals surface area contributed by atoms with Gasteiger partial charge < -0.3 is 4.90 Å². The van der Waals surface area contributed by atoms with E-state index in [0.717, 1.165) is 21.9 Å². The summed E-state index contributed by atoms with van der Waals surface area (Å²) in [4.78, 5) is 32.6.